The number of benzene rings is 1. The zero-order valence-corrected chi connectivity index (χ0v) is 11.9. The van der Waals surface area contributed by atoms with Gasteiger partial charge in [-0.3, -0.25) is 4.79 Å². The first-order valence-corrected chi connectivity index (χ1v) is 6.61. The maximum absolute atomic E-state index is 11.0. The summed E-state index contributed by atoms with van der Waals surface area (Å²) in [6.45, 7) is 5.52. The summed E-state index contributed by atoms with van der Waals surface area (Å²) in [6.07, 6.45) is 0.460. The molecule has 0 saturated heterocycles. The standard InChI is InChI=1S/C16H18N2O2/c1-10(16(19)20)9-14-11(2)17-15(18-12(14)3)13-7-5-4-6-8-13/h4-8,10H,9H2,1-3H3,(H,19,20). The Morgan fingerprint density at radius 1 is 1.15 bits per heavy atom. The summed E-state index contributed by atoms with van der Waals surface area (Å²) in [5.41, 5.74) is 3.60. The Labute approximate surface area is 118 Å². The van der Waals surface area contributed by atoms with Gasteiger partial charge in [0.05, 0.1) is 5.92 Å². The van der Waals surface area contributed by atoms with Gasteiger partial charge >= 0.3 is 5.97 Å². The Bertz CT molecular complexity index is 601. The number of nitrogens with zero attached hydrogens (tertiary/aromatic N) is 2. The van der Waals surface area contributed by atoms with Crippen molar-refractivity contribution >= 4 is 5.97 Å². The molecule has 1 atom stereocenters. The molecular weight excluding hydrogens is 252 g/mol. The van der Waals surface area contributed by atoms with Crippen LogP contribution in [0.1, 0.15) is 23.9 Å². The highest BCUT2D eigenvalue weighted by Crippen LogP contribution is 2.20. The van der Waals surface area contributed by atoms with Crippen molar-refractivity contribution in [3.05, 3.63) is 47.3 Å². The van der Waals surface area contributed by atoms with E-state index in [-0.39, 0.29) is 0 Å². The number of aliphatic carboxylic acids is 1. The van der Waals surface area contributed by atoms with Gasteiger partial charge in [0.25, 0.3) is 0 Å². The number of carboxylic acids is 1. The maximum atomic E-state index is 11.0. The second kappa shape index (κ2) is 5.82. The largest absolute Gasteiger partial charge is 0.481 e. The number of aryl methyl sites for hydroxylation is 2. The summed E-state index contributed by atoms with van der Waals surface area (Å²) < 4.78 is 0. The highest BCUT2D eigenvalue weighted by Gasteiger charge is 2.17. The molecule has 1 N–H and O–H groups in total. The lowest BCUT2D eigenvalue weighted by Gasteiger charge is -2.13. The summed E-state index contributed by atoms with van der Waals surface area (Å²) in [7, 11) is 0. The van der Waals surface area contributed by atoms with Gasteiger partial charge in [-0.05, 0) is 25.8 Å². The lowest BCUT2D eigenvalue weighted by molar-refractivity contribution is -0.141. The van der Waals surface area contributed by atoms with Crippen molar-refractivity contribution in [3.63, 3.8) is 0 Å². The number of rotatable bonds is 4. The number of hydrogen-bond acceptors (Lipinski definition) is 3. The minimum absolute atomic E-state index is 0.432. The number of hydrogen-bond donors (Lipinski definition) is 1. The van der Waals surface area contributed by atoms with Gasteiger partial charge in [0.15, 0.2) is 5.82 Å². The second-order valence-corrected chi connectivity index (χ2v) is 5.01. The van der Waals surface area contributed by atoms with E-state index in [1.54, 1.807) is 6.92 Å². The van der Waals surface area contributed by atoms with Gasteiger partial charge in [0.2, 0.25) is 0 Å². The number of carbonyl (C=O) groups is 1. The van der Waals surface area contributed by atoms with E-state index in [0.29, 0.717) is 12.2 Å². The first-order chi connectivity index (χ1) is 9.49. The van der Waals surface area contributed by atoms with Crippen LogP contribution in [0.25, 0.3) is 11.4 Å². The minimum atomic E-state index is -0.795. The molecule has 0 aliphatic heterocycles. The smallest absolute Gasteiger partial charge is 0.306 e. The predicted molar refractivity (Wildman–Crippen MR) is 77.4 cm³/mol. The molecule has 0 amide bonds. The molecule has 1 unspecified atom stereocenters. The van der Waals surface area contributed by atoms with Gasteiger partial charge < -0.3 is 5.11 Å². The highest BCUT2D eigenvalue weighted by atomic mass is 16.4. The summed E-state index contributed by atoms with van der Waals surface area (Å²) in [5.74, 6) is -0.540. The molecule has 1 aromatic heterocycles. The van der Waals surface area contributed by atoms with Crippen molar-refractivity contribution in [2.45, 2.75) is 27.2 Å². The van der Waals surface area contributed by atoms with Crippen LogP contribution in [0.3, 0.4) is 0 Å². The Kier molecular flexibility index (Phi) is 4.13. The van der Waals surface area contributed by atoms with Crippen LogP contribution in [0.4, 0.5) is 0 Å². The van der Waals surface area contributed by atoms with Gasteiger partial charge in [-0.15, -0.1) is 0 Å². The average molecular weight is 270 g/mol. The molecule has 2 rings (SSSR count). The predicted octanol–water partition coefficient (Wildman–Crippen LogP) is 3.02. The van der Waals surface area contributed by atoms with Crippen LogP contribution in [0.5, 0.6) is 0 Å². The van der Waals surface area contributed by atoms with E-state index < -0.39 is 11.9 Å². The lowest BCUT2D eigenvalue weighted by Crippen LogP contribution is -2.15. The molecule has 104 valence electrons. The Morgan fingerprint density at radius 2 is 1.70 bits per heavy atom. The minimum Gasteiger partial charge on any atom is -0.481 e. The summed E-state index contributed by atoms with van der Waals surface area (Å²) in [5, 5.41) is 9.02. The zero-order valence-electron chi connectivity index (χ0n) is 11.9. The third-order valence-electron chi connectivity index (χ3n) is 3.38. The molecule has 0 aliphatic rings. The van der Waals surface area contributed by atoms with Crippen LogP contribution in [0.2, 0.25) is 0 Å². The van der Waals surface area contributed by atoms with Crippen molar-refractivity contribution < 1.29 is 9.90 Å². The molecule has 4 nitrogen and oxygen atoms in total. The van der Waals surface area contributed by atoms with E-state index in [1.807, 2.05) is 44.2 Å². The summed E-state index contributed by atoms with van der Waals surface area (Å²) in [4.78, 5) is 20.0. The van der Waals surface area contributed by atoms with Crippen molar-refractivity contribution in [1.82, 2.24) is 9.97 Å². The van der Waals surface area contributed by atoms with E-state index in [9.17, 15) is 4.79 Å². The van der Waals surface area contributed by atoms with Crippen molar-refractivity contribution in [1.29, 1.82) is 0 Å². The molecule has 4 heteroatoms. The maximum Gasteiger partial charge on any atom is 0.306 e. The fraction of sp³-hybridized carbons (Fsp3) is 0.312. The summed E-state index contributed by atoms with van der Waals surface area (Å²) >= 11 is 0. The first-order valence-electron chi connectivity index (χ1n) is 6.61. The molecule has 0 fully saturated rings. The van der Waals surface area contributed by atoms with Crippen LogP contribution in [-0.2, 0) is 11.2 Å². The molecule has 0 aliphatic carbocycles. The quantitative estimate of drug-likeness (QED) is 0.927. The van der Waals surface area contributed by atoms with Crippen LogP contribution < -0.4 is 0 Å². The van der Waals surface area contributed by atoms with Crippen LogP contribution >= 0.6 is 0 Å². The normalized spacial score (nSPS) is 12.2. The molecule has 1 heterocycles. The van der Waals surface area contributed by atoms with Crippen LogP contribution in [-0.4, -0.2) is 21.0 Å². The van der Waals surface area contributed by atoms with Gasteiger partial charge in [-0.2, -0.15) is 0 Å². The number of carboxylic acid groups (broad SMARTS) is 1. The van der Waals surface area contributed by atoms with Gasteiger partial charge in [-0.1, -0.05) is 37.3 Å². The lowest BCUT2D eigenvalue weighted by atomic mass is 9.99. The van der Waals surface area contributed by atoms with E-state index in [4.69, 9.17) is 5.11 Å². The number of aromatic nitrogens is 2. The van der Waals surface area contributed by atoms with Crippen LogP contribution in [0.15, 0.2) is 30.3 Å². The van der Waals surface area contributed by atoms with E-state index >= 15 is 0 Å². The van der Waals surface area contributed by atoms with Crippen molar-refractivity contribution in [2.24, 2.45) is 5.92 Å². The van der Waals surface area contributed by atoms with Gasteiger partial charge in [-0.25, -0.2) is 9.97 Å². The van der Waals surface area contributed by atoms with E-state index in [1.165, 1.54) is 0 Å². The topological polar surface area (TPSA) is 63.1 Å². The van der Waals surface area contributed by atoms with Crippen molar-refractivity contribution in [3.8, 4) is 11.4 Å². The van der Waals surface area contributed by atoms with Crippen molar-refractivity contribution in [2.75, 3.05) is 0 Å². The van der Waals surface area contributed by atoms with Gasteiger partial charge in [0, 0.05) is 17.0 Å². The first kappa shape index (κ1) is 14.2. The average Bonchev–Trinajstić information content (AvgIpc) is 2.43. The molecule has 0 radical (unpaired) electrons. The molecule has 20 heavy (non-hydrogen) atoms. The van der Waals surface area contributed by atoms with Gasteiger partial charge in [0.1, 0.15) is 0 Å². The zero-order chi connectivity index (χ0) is 14.7. The van der Waals surface area contributed by atoms with E-state index in [0.717, 1.165) is 22.5 Å². The monoisotopic (exact) mass is 270 g/mol. The molecule has 1 aromatic carbocycles. The summed E-state index contributed by atoms with van der Waals surface area (Å²) in [6, 6.07) is 9.78. The molecule has 2 aromatic rings. The van der Waals surface area contributed by atoms with E-state index in [2.05, 4.69) is 9.97 Å². The second-order valence-electron chi connectivity index (χ2n) is 5.01. The fourth-order valence-corrected chi connectivity index (χ4v) is 2.14. The fourth-order valence-electron chi connectivity index (χ4n) is 2.14. The Hall–Kier alpha value is -2.23. The highest BCUT2D eigenvalue weighted by molar-refractivity contribution is 5.70. The Balaban J connectivity index is 2.37. The third-order valence-corrected chi connectivity index (χ3v) is 3.38. The molecular formula is C16H18N2O2. The molecule has 0 saturated carbocycles. The van der Waals surface area contributed by atoms with Crippen LogP contribution in [0, 0.1) is 19.8 Å². The Morgan fingerprint density at radius 3 is 2.20 bits per heavy atom. The third kappa shape index (κ3) is 3.02. The SMILES string of the molecule is Cc1nc(-c2ccccc2)nc(C)c1CC(C)C(=O)O. The molecule has 0 spiro atoms. The molecule has 0 bridgehead atoms.